The molecule has 2 N–H and O–H groups in total. The molecule has 1 heterocycles. The zero-order chi connectivity index (χ0) is 17.8. The zero-order valence-electron chi connectivity index (χ0n) is 13.9. The SMILES string of the molecule is Cc1cc(C)c(NC(=O)c2ccnc(Nc3ccccc3)n2)c(Cl)c1. The number of nitrogens with one attached hydrogen (secondary N) is 2. The number of amides is 1. The van der Waals surface area contributed by atoms with E-state index in [9.17, 15) is 4.79 Å². The number of carbonyl (C=O) groups excluding carboxylic acids is 1. The number of carbonyl (C=O) groups is 1. The quantitative estimate of drug-likeness (QED) is 0.711. The van der Waals surface area contributed by atoms with Crippen molar-refractivity contribution in [2.45, 2.75) is 13.8 Å². The molecule has 0 aliphatic carbocycles. The summed E-state index contributed by atoms with van der Waals surface area (Å²) in [5.74, 6) is 0.0120. The summed E-state index contributed by atoms with van der Waals surface area (Å²) in [7, 11) is 0. The van der Waals surface area contributed by atoms with Crippen LogP contribution >= 0.6 is 11.6 Å². The van der Waals surface area contributed by atoms with Gasteiger partial charge in [0.05, 0.1) is 10.7 Å². The van der Waals surface area contributed by atoms with Crippen LogP contribution < -0.4 is 10.6 Å². The number of halogens is 1. The van der Waals surface area contributed by atoms with Crippen molar-refractivity contribution in [2.75, 3.05) is 10.6 Å². The van der Waals surface area contributed by atoms with E-state index in [0.717, 1.165) is 16.8 Å². The van der Waals surface area contributed by atoms with Crippen LogP contribution in [0.2, 0.25) is 5.02 Å². The number of nitrogens with zero attached hydrogens (tertiary/aromatic N) is 2. The molecule has 0 fully saturated rings. The van der Waals surface area contributed by atoms with Gasteiger partial charge >= 0.3 is 0 Å². The van der Waals surface area contributed by atoms with Gasteiger partial charge in [0.15, 0.2) is 0 Å². The van der Waals surface area contributed by atoms with Gasteiger partial charge < -0.3 is 10.6 Å². The largest absolute Gasteiger partial charge is 0.324 e. The summed E-state index contributed by atoms with van der Waals surface area (Å²) in [5, 5.41) is 6.39. The predicted molar refractivity (Wildman–Crippen MR) is 101 cm³/mol. The first-order valence-electron chi connectivity index (χ1n) is 7.76. The third kappa shape index (κ3) is 4.14. The maximum Gasteiger partial charge on any atom is 0.274 e. The van der Waals surface area contributed by atoms with Crippen LogP contribution in [0.5, 0.6) is 0 Å². The van der Waals surface area contributed by atoms with E-state index in [0.29, 0.717) is 16.7 Å². The van der Waals surface area contributed by atoms with E-state index < -0.39 is 0 Å². The Kier molecular flexibility index (Phi) is 4.95. The van der Waals surface area contributed by atoms with Gasteiger partial charge in [-0.05, 0) is 49.2 Å². The van der Waals surface area contributed by atoms with E-state index in [1.165, 1.54) is 6.20 Å². The van der Waals surface area contributed by atoms with Gasteiger partial charge in [-0.1, -0.05) is 35.9 Å². The first kappa shape index (κ1) is 16.9. The van der Waals surface area contributed by atoms with E-state index in [1.807, 2.05) is 56.3 Å². The predicted octanol–water partition coefficient (Wildman–Crippen LogP) is 4.74. The van der Waals surface area contributed by atoms with E-state index >= 15 is 0 Å². The Balaban J connectivity index is 1.80. The van der Waals surface area contributed by atoms with Crippen LogP contribution in [0, 0.1) is 13.8 Å². The molecule has 0 radical (unpaired) electrons. The van der Waals surface area contributed by atoms with Crippen molar-refractivity contribution < 1.29 is 4.79 Å². The number of anilines is 3. The Morgan fingerprint density at radius 2 is 1.84 bits per heavy atom. The number of aromatic nitrogens is 2. The molecule has 6 heteroatoms. The molecule has 5 nitrogen and oxygen atoms in total. The average Bonchev–Trinajstić information content (AvgIpc) is 2.59. The van der Waals surface area contributed by atoms with Crippen molar-refractivity contribution in [1.82, 2.24) is 9.97 Å². The van der Waals surface area contributed by atoms with E-state index in [1.54, 1.807) is 6.07 Å². The van der Waals surface area contributed by atoms with Gasteiger partial charge in [-0.2, -0.15) is 0 Å². The van der Waals surface area contributed by atoms with Crippen LogP contribution in [0.4, 0.5) is 17.3 Å². The molecule has 2 aromatic carbocycles. The summed E-state index contributed by atoms with van der Waals surface area (Å²) < 4.78 is 0. The fourth-order valence-electron chi connectivity index (χ4n) is 2.45. The molecule has 0 aliphatic heterocycles. The summed E-state index contributed by atoms with van der Waals surface area (Å²) in [4.78, 5) is 20.9. The highest BCUT2D eigenvalue weighted by atomic mass is 35.5. The Morgan fingerprint density at radius 3 is 2.56 bits per heavy atom. The Hall–Kier alpha value is -2.92. The number of hydrogen-bond acceptors (Lipinski definition) is 4. The van der Waals surface area contributed by atoms with Crippen LogP contribution in [-0.2, 0) is 0 Å². The monoisotopic (exact) mass is 352 g/mol. The molecule has 3 rings (SSSR count). The van der Waals surface area contributed by atoms with Gasteiger partial charge in [0.1, 0.15) is 5.69 Å². The summed E-state index contributed by atoms with van der Waals surface area (Å²) in [6.45, 7) is 3.85. The van der Waals surface area contributed by atoms with Gasteiger partial charge in [-0.25, -0.2) is 9.97 Å². The first-order chi connectivity index (χ1) is 12.0. The van der Waals surface area contributed by atoms with Crippen LogP contribution in [0.1, 0.15) is 21.6 Å². The smallest absolute Gasteiger partial charge is 0.274 e. The maximum atomic E-state index is 12.5. The summed E-state index contributed by atoms with van der Waals surface area (Å²) in [6.07, 6.45) is 1.54. The van der Waals surface area contributed by atoms with Crippen molar-refractivity contribution >= 4 is 34.8 Å². The summed E-state index contributed by atoms with van der Waals surface area (Å²) in [5.41, 5.74) is 3.63. The third-order valence-electron chi connectivity index (χ3n) is 3.59. The molecule has 0 spiro atoms. The normalized spacial score (nSPS) is 10.4. The second kappa shape index (κ2) is 7.32. The van der Waals surface area contributed by atoms with Gasteiger partial charge in [0.2, 0.25) is 5.95 Å². The van der Waals surface area contributed by atoms with Gasteiger partial charge in [-0.15, -0.1) is 0 Å². The van der Waals surface area contributed by atoms with E-state index in [-0.39, 0.29) is 11.6 Å². The number of benzene rings is 2. The number of para-hydroxylation sites is 1. The minimum absolute atomic E-state index is 0.254. The average molecular weight is 353 g/mol. The lowest BCUT2D eigenvalue weighted by atomic mass is 10.1. The summed E-state index contributed by atoms with van der Waals surface area (Å²) >= 11 is 6.25. The van der Waals surface area contributed by atoms with Gasteiger partial charge in [-0.3, -0.25) is 4.79 Å². The van der Waals surface area contributed by atoms with Crippen LogP contribution in [-0.4, -0.2) is 15.9 Å². The van der Waals surface area contributed by atoms with Crippen LogP contribution in [0.25, 0.3) is 0 Å². The molecule has 1 amide bonds. The van der Waals surface area contributed by atoms with Crippen LogP contribution in [0.3, 0.4) is 0 Å². The standard InChI is InChI=1S/C19H17ClN4O/c1-12-10-13(2)17(15(20)11-12)24-18(25)16-8-9-21-19(23-16)22-14-6-4-3-5-7-14/h3-11H,1-2H3,(H,24,25)(H,21,22,23). The molecular weight excluding hydrogens is 336 g/mol. The molecule has 0 bridgehead atoms. The molecule has 126 valence electrons. The lowest BCUT2D eigenvalue weighted by molar-refractivity contribution is 0.102. The molecule has 3 aromatic rings. The Labute approximate surface area is 151 Å². The Bertz CT molecular complexity index is 889. The second-order valence-corrected chi connectivity index (χ2v) is 6.06. The number of aryl methyl sites for hydroxylation is 2. The Morgan fingerprint density at radius 1 is 1.08 bits per heavy atom. The van der Waals surface area contributed by atoms with Crippen molar-refractivity contribution in [1.29, 1.82) is 0 Å². The number of hydrogen-bond donors (Lipinski definition) is 2. The van der Waals surface area contributed by atoms with E-state index in [4.69, 9.17) is 11.6 Å². The molecule has 0 aliphatic rings. The fraction of sp³-hybridized carbons (Fsp3) is 0.105. The molecule has 0 atom stereocenters. The molecular formula is C19H17ClN4O. The van der Waals surface area contributed by atoms with Crippen LogP contribution in [0.15, 0.2) is 54.7 Å². The van der Waals surface area contributed by atoms with E-state index in [2.05, 4.69) is 20.6 Å². The van der Waals surface area contributed by atoms with Crippen molar-refractivity contribution in [3.05, 3.63) is 76.6 Å². The van der Waals surface area contributed by atoms with Crippen molar-refractivity contribution in [3.8, 4) is 0 Å². The summed E-state index contributed by atoms with van der Waals surface area (Å²) in [6, 6.07) is 14.8. The van der Waals surface area contributed by atoms with Gasteiger partial charge in [0.25, 0.3) is 5.91 Å². The first-order valence-corrected chi connectivity index (χ1v) is 8.14. The fourth-order valence-corrected chi connectivity index (χ4v) is 2.82. The van der Waals surface area contributed by atoms with Gasteiger partial charge in [0, 0.05) is 11.9 Å². The highest BCUT2D eigenvalue weighted by Crippen LogP contribution is 2.27. The molecule has 0 saturated carbocycles. The minimum atomic E-state index is -0.340. The van der Waals surface area contributed by atoms with Crippen molar-refractivity contribution in [2.24, 2.45) is 0 Å². The maximum absolute atomic E-state index is 12.5. The lowest BCUT2D eigenvalue weighted by Crippen LogP contribution is -2.16. The zero-order valence-corrected chi connectivity index (χ0v) is 14.6. The topological polar surface area (TPSA) is 66.9 Å². The highest BCUT2D eigenvalue weighted by molar-refractivity contribution is 6.34. The third-order valence-corrected chi connectivity index (χ3v) is 3.89. The number of rotatable bonds is 4. The molecule has 0 saturated heterocycles. The molecule has 1 aromatic heterocycles. The van der Waals surface area contributed by atoms with Crippen molar-refractivity contribution in [3.63, 3.8) is 0 Å². The highest BCUT2D eigenvalue weighted by Gasteiger charge is 2.13. The second-order valence-electron chi connectivity index (χ2n) is 5.65. The molecule has 25 heavy (non-hydrogen) atoms. The minimum Gasteiger partial charge on any atom is -0.324 e. The lowest BCUT2D eigenvalue weighted by Gasteiger charge is -2.12. The molecule has 0 unspecified atom stereocenters.